The van der Waals surface area contributed by atoms with Crippen molar-refractivity contribution in [3.05, 3.63) is 32.9 Å². The van der Waals surface area contributed by atoms with Crippen LogP contribution in [0, 0.1) is 17.7 Å². The Labute approximate surface area is 175 Å². The van der Waals surface area contributed by atoms with Crippen molar-refractivity contribution in [3.8, 4) is 0 Å². The van der Waals surface area contributed by atoms with Gasteiger partial charge in [-0.1, -0.05) is 27.7 Å². The fourth-order valence-corrected chi connectivity index (χ4v) is 3.02. The predicted octanol–water partition coefficient (Wildman–Crippen LogP) is 1.29. The monoisotopic (exact) mass is 452 g/mol. The molecule has 1 aromatic heterocycles. The minimum absolute atomic E-state index is 0.476. The number of carbonyl (C=O) groups excluding carboxylic acids is 2. The molecule has 1 aliphatic rings. The third-order valence-corrected chi connectivity index (χ3v) is 4.96. The number of hydrogen-bond acceptors (Lipinski definition) is 7. The number of esters is 2. The Morgan fingerprint density at radius 1 is 1.27 bits per heavy atom. The van der Waals surface area contributed by atoms with Crippen LogP contribution in [0.15, 0.2) is 15.8 Å². The lowest BCUT2D eigenvalue weighted by atomic mass is 9.98. The number of rotatable bonds is 7. The normalized spacial score (nSPS) is 26.2. The van der Waals surface area contributed by atoms with Gasteiger partial charge in [0.1, 0.15) is 6.61 Å². The molecule has 0 aromatic carbocycles. The van der Waals surface area contributed by atoms with Crippen molar-refractivity contribution >= 4 is 23.5 Å². The summed E-state index contributed by atoms with van der Waals surface area (Å²) >= 11 is 6.01. The van der Waals surface area contributed by atoms with Crippen LogP contribution in [0.5, 0.6) is 0 Å². The van der Waals surface area contributed by atoms with Gasteiger partial charge in [0.2, 0.25) is 5.82 Å². The maximum absolute atomic E-state index is 15.4. The molecule has 168 valence electrons. The second kappa shape index (κ2) is 9.25. The van der Waals surface area contributed by atoms with Gasteiger partial charge in [0.25, 0.3) is 5.56 Å². The van der Waals surface area contributed by atoms with E-state index in [4.69, 9.17) is 25.8 Å². The molecule has 1 N–H and O–H groups in total. The van der Waals surface area contributed by atoms with Crippen LogP contribution in [-0.2, 0) is 23.8 Å². The lowest BCUT2D eigenvalue weighted by Crippen LogP contribution is -2.51. The van der Waals surface area contributed by atoms with E-state index in [1.165, 1.54) is 13.8 Å². The summed E-state index contributed by atoms with van der Waals surface area (Å²) in [6, 6.07) is 0. The van der Waals surface area contributed by atoms with Gasteiger partial charge in [0.05, 0.1) is 23.9 Å². The first-order valence-corrected chi connectivity index (χ1v) is 9.73. The molecule has 2 rings (SSSR count). The quantitative estimate of drug-likeness (QED) is 0.489. The van der Waals surface area contributed by atoms with Crippen LogP contribution >= 0.6 is 11.6 Å². The van der Waals surface area contributed by atoms with Gasteiger partial charge >= 0.3 is 17.6 Å². The molecule has 0 spiro atoms. The average Bonchev–Trinajstić information content (AvgIpc) is 2.95. The third-order valence-electron chi connectivity index (χ3n) is 4.50. The van der Waals surface area contributed by atoms with Crippen molar-refractivity contribution in [1.29, 1.82) is 0 Å². The number of nitrogens with one attached hydrogen (secondary N) is 1. The van der Waals surface area contributed by atoms with E-state index in [1.54, 1.807) is 18.8 Å². The number of nitrogens with zero attached hydrogens (tertiary/aromatic N) is 1. The van der Waals surface area contributed by atoms with Crippen molar-refractivity contribution < 1.29 is 32.6 Å². The van der Waals surface area contributed by atoms with Gasteiger partial charge in [-0.25, -0.2) is 9.18 Å². The topological polar surface area (TPSA) is 117 Å². The van der Waals surface area contributed by atoms with E-state index >= 15 is 4.39 Å². The molecule has 12 heteroatoms. The molecule has 1 fully saturated rings. The smallest absolute Gasteiger partial charge is 0.330 e. The molecule has 2 heterocycles. The van der Waals surface area contributed by atoms with Gasteiger partial charge in [0, 0.05) is 0 Å². The number of halogens is 3. The Balaban J connectivity index is 2.47. The van der Waals surface area contributed by atoms with Crippen LogP contribution < -0.4 is 11.2 Å². The van der Waals surface area contributed by atoms with Gasteiger partial charge in [-0.15, -0.1) is 11.6 Å². The highest BCUT2D eigenvalue weighted by atomic mass is 35.5. The highest BCUT2D eigenvalue weighted by molar-refractivity contribution is 6.18. The van der Waals surface area contributed by atoms with Gasteiger partial charge < -0.3 is 14.2 Å². The molecule has 4 atom stereocenters. The van der Waals surface area contributed by atoms with Crippen LogP contribution in [0.4, 0.5) is 8.78 Å². The molecule has 0 radical (unpaired) electrons. The van der Waals surface area contributed by atoms with Crippen molar-refractivity contribution in [2.75, 3.05) is 12.5 Å². The van der Waals surface area contributed by atoms with E-state index in [0.29, 0.717) is 10.8 Å². The van der Waals surface area contributed by atoms with Crippen LogP contribution in [0.3, 0.4) is 0 Å². The van der Waals surface area contributed by atoms with Gasteiger partial charge in [0.15, 0.2) is 24.1 Å². The van der Waals surface area contributed by atoms with E-state index in [9.17, 15) is 23.6 Å². The molecule has 0 aliphatic carbocycles. The number of ether oxygens (including phenoxy) is 3. The highest BCUT2D eigenvalue weighted by Crippen LogP contribution is 2.42. The Bertz CT molecular complexity index is 917. The number of carbonyl (C=O) groups is 2. The van der Waals surface area contributed by atoms with Gasteiger partial charge in [-0.2, -0.15) is 4.39 Å². The summed E-state index contributed by atoms with van der Waals surface area (Å²) in [6.45, 7) is 5.61. The first-order chi connectivity index (χ1) is 13.9. The number of aromatic nitrogens is 2. The lowest BCUT2D eigenvalue weighted by Gasteiger charge is -2.32. The number of aromatic amines is 1. The van der Waals surface area contributed by atoms with Crippen molar-refractivity contribution in [2.45, 2.75) is 51.8 Å². The van der Waals surface area contributed by atoms with E-state index < -0.39 is 77.4 Å². The summed E-state index contributed by atoms with van der Waals surface area (Å²) in [5, 5.41) is 0. The molecule has 1 aromatic rings. The van der Waals surface area contributed by atoms with E-state index in [2.05, 4.69) is 0 Å². The molecule has 1 saturated heterocycles. The van der Waals surface area contributed by atoms with E-state index in [-0.39, 0.29) is 0 Å². The highest BCUT2D eigenvalue weighted by Gasteiger charge is 2.59. The molecule has 0 saturated carbocycles. The molecule has 0 amide bonds. The molecule has 30 heavy (non-hydrogen) atoms. The SMILES string of the molecule is CC(C)C(=O)OC[C@@]1(CCl)O[C@@H](n2cc(F)c(=O)[nH]c2=O)[C@@H](F)[C@@H]1OC(=O)C(C)C. The second-order valence-corrected chi connectivity index (χ2v) is 7.84. The number of hydrogen-bond donors (Lipinski definition) is 1. The number of alkyl halides is 2. The lowest BCUT2D eigenvalue weighted by molar-refractivity contribution is -0.177. The second-order valence-electron chi connectivity index (χ2n) is 7.57. The minimum Gasteiger partial charge on any atom is -0.462 e. The zero-order chi connectivity index (χ0) is 22.8. The van der Waals surface area contributed by atoms with Crippen molar-refractivity contribution in [2.24, 2.45) is 11.8 Å². The van der Waals surface area contributed by atoms with Crippen LogP contribution in [0.25, 0.3) is 0 Å². The summed E-state index contributed by atoms with van der Waals surface area (Å²) in [6.07, 6.45) is -5.18. The predicted molar refractivity (Wildman–Crippen MR) is 100 cm³/mol. The molecular formula is C18H23ClF2N2O7. The Kier molecular flexibility index (Phi) is 7.40. The van der Waals surface area contributed by atoms with Crippen LogP contribution in [-0.4, -0.2) is 51.9 Å². The summed E-state index contributed by atoms with van der Waals surface area (Å²) in [5.74, 6) is -4.39. The summed E-state index contributed by atoms with van der Waals surface area (Å²) in [7, 11) is 0. The zero-order valence-corrected chi connectivity index (χ0v) is 17.6. The Morgan fingerprint density at radius 3 is 2.40 bits per heavy atom. The zero-order valence-electron chi connectivity index (χ0n) is 16.8. The minimum atomic E-state index is -2.19. The maximum atomic E-state index is 15.4. The first-order valence-electron chi connectivity index (χ1n) is 9.19. The van der Waals surface area contributed by atoms with Crippen molar-refractivity contribution in [3.63, 3.8) is 0 Å². The summed E-state index contributed by atoms with van der Waals surface area (Å²) in [5.41, 5.74) is -4.29. The van der Waals surface area contributed by atoms with Crippen LogP contribution in [0.2, 0.25) is 0 Å². The first kappa shape index (κ1) is 24.0. The van der Waals surface area contributed by atoms with Gasteiger partial charge in [-0.3, -0.25) is 23.9 Å². The van der Waals surface area contributed by atoms with E-state index in [1.807, 2.05) is 0 Å². The maximum Gasteiger partial charge on any atom is 0.330 e. The molecule has 1 aliphatic heterocycles. The number of H-pyrrole nitrogens is 1. The largest absolute Gasteiger partial charge is 0.462 e. The van der Waals surface area contributed by atoms with Gasteiger partial charge in [-0.05, 0) is 0 Å². The third kappa shape index (κ3) is 4.72. The molecule has 0 bridgehead atoms. The summed E-state index contributed by atoms with van der Waals surface area (Å²) in [4.78, 5) is 49.1. The average molecular weight is 453 g/mol. The standard InChI is InChI=1S/C18H23ClF2N2O7/c1-8(2)15(25)28-7-18(6-19)12(29-16(26)9(3)4)11(21)14(30-18)23-5-10(20)13(24)22-17(23)27/h5,8-9,11-12,14H,6-7H2,1-4H3,(H,22,24,27)/t11-,12-,14+,18+/m0/s1. The fraction of sp³-hybridized carbons (Fsp3) is 0.667. The van der Waals surface area contributed by atoms with E-state index in [0.717, 1.165) is 0 Å². The molecular weight excluding hydrogens is 430 g/mol. The Hall–Kier alpha value is -2.27. The van der Waals surface area contributed by atoms with Crippen molar-refractivity contribution in [1.82, 2.24) is 9.55 Å². The fourth-order valence-electron chi connectivity index (χ4n) is 2.73. The molecule has 9 nitrogen and oxygen atoms in total. The Morgan fingerprint density at radius 2 is 1.87 bits per heavy atom. The summed E-state index contributed by atoms with van der Waals surface area (Å²) < 4.78 is 45.5. The van der Waals surface area contributed by atoms with Crippen LogP contribution in [0.1, 0.15) is 33.9 Å². The molecule has 0 unspecified atom stereocenters.